The molecule has 2 aromatic heterocycles. The summed E-state index contributed by atoms with van der Waals surface area (Å²) in [6.45, 7) is 0.646. The molecule has 1 aliphatic carbocycles. The minimum Gasteiger partial charge on any atom is -0.396 e. The van der Waals surface area contributed by atoms with Crippen LogP contribution in [-0.4, -0.2) is 26.2 Å². The first-order chi connectivity index (χ1) is 10.8. The Morgan fingerprint density at radius 1 is 1.32 bits per heavy atom. The monoisotopic (exact) mass is 317 g/mol. The molecule has 22 heavy (non-hydrogen) atoms. The average molecular weight is 317 g/mol. The Bertz CT molecular complexity index is 701. The average Bonchev–Trinajstić information content (AvgIpc) is 3.02. The summed E-state index contributed by atoms with van der Waals surface area (Å²) in [6.07, 6.45) is 5.34. The first-order valence-corrected chi connectivity index (χ1v) is 8.54. The molecule has 0 radical (unpaired) electrons. The van der Waals surface area contributed by atoms with E-state index in [0.717, 1.165) is 41.4 Å². The largest absolute Gasteiger partial charge is 0.396 e. The van der Waals surface area contributed by atoms with Gasteiger partial charge in [0.25, 0.3) is 0 Å². The Hall–Kier alpha value is -1.66. The zero-order chi connectivity index (χ0) is 15.4. The fraction of sp³-hybridized carbons (Fsp3) is 0.438. The van der Waals surface area contributed by atoms with E-state index in [1.165, 1.54) is 5.56 Å². The lowest BCUT2D eigenvalue weighted by Gasteiger charge is -2.13. The first-order valence-electron chi connectivity index (χ1n) is 7.55. The van der Waals surface area contributed by atoms with Crippen molar-refractivity contribution in [2.45, 2.75) is 43.0 Å². The van der Waals surface area contributed by atoms with Crippen LogP contribution in [0.4, 0.5) is 0 Å². The molecule has 0 unspecified atom stereocenters. The van der Waals surface area contributed by atoms with Crippen molar-refractivity contribution >= 4 is 11.8 Å². The standard InChI is InChI=1S/C16H19N3O2S/c20-10-4-9-19-14-7-3-6-13(14)15(18-16(19)21)22-11-12-5-1-2-8-17-12/h1-2,5,8,20H,3-4,6-7,9-11H2. The molecule has 116 valence electrons. The van der Waals surface area contributed by atoms with E-state index in [0.29, 0.717) is 13.0 Å². The lowest BCUT2D eigenvalue weighted by atomic mass is 10.2. The molecule has 2 heterocycles. The van der Waals surface area contributed by atoms with Crippen LogP contribution in [0.3, 0.4) is 0 Å². The Kier molecular flexibility index (Phi) is 4.90. The van der Waals surface area contributed by atoms with Crippen molar-refractivity contribution < 1.29 is 5.11 Å². The van der Waals surface area contributed by atoms with Gasteiger partial charge in [0.15, 0.2) is 0 Å². The molecular formula is C16H19N3O2S. The predicted octanol–water partition coefficient (Wildman–Crippen LogP) is 1.80. The lowest BCUT2D eigenvalue weighted by molar-refractivity contribution is 0.277. The van der Waals surface area contributed by atoms with Gasteiger partial charge in [0.05, 0.1) is 5.69 Å². The Labute approximate surface area is 133 Å². The van der Waals surface area contributed by atoms with Crippen molar-refractivity contribution in [3.63, 3.8) is 0 Å². The minimum absolute atomic E-state index is 0.0946. The van der Waals surface area contributed by atoms with Gasteiger partial charge in [0.2, 0.25) is 0 Å². The van der Waals surface area contributed by atoms with Crippen LogP contribution >= 0.6 is 11.8 Å². The fourth-order valence-corrected chi connectivity index (χ4v) is 3.78. The van der Waals surface area contributed by atoms with Crippen LogP contribution in [0, 0.1) is 0 Å². The Morgan fingerprint density at radius 3 is 3.00 bits per heavy atom. The number of thioether (sulfide) groups is 1. The van der Waals surface area contributed by atoms with Crippen molar-refractivity contribution in [1.82, 2.24) is 14.5 Å². The molecule has 5 nitrogen and oxygen atoms in total. The molecule has 0 saturated carbocycles. The lowest BCUT2D eigenvalue weighted by Crippen LogP contribution is -2.27. The number of rotatable bonds is 6. The molecular weight excluding hydrogens is 298 g/mol. The highest BCUT2D eigenvalue weighted by Gasteiger charge is 2.21. The van der Waals surface area contributed by atoms with E-state index in [9.17, 15) is 4.79 Å². The highest BCUT2D eigenvalue weighted by molar-refractivity contribution is 7.98. The quantitative estimate of drug-likeness (QED) is 0.650. The first kappa shape index (κ1) is 15.2. The molecule has 1 aliphatic rings. The summed E-state index contributed by atoms with van der Waals surface area (Å²) < 4.78 is 1.74. The normalized spacial score (nSPS) is 13.3. The second-order valence-electron chi connectivity index (χ2n) is 5.32. The van der Waals surface area contributed by atoms with Crippen LogP contribution in [-0.2, 0) is 25.1 Å². The molecule has 2 aromatic rings. The van der Waals surface area contributed by atoms with Gasteiger partial charge in [-0.05, 0) is 37.8 Å². The summed E-state index contributed by atoms with van der Waals surface area (Å²) in [7, 11) is 0. The zero-order valence-electron chi connectivity index (χ0n) is 12.4. The van der Waals surface area contributed by atoms with Gasteiger partial charge in [-0.3, -0.25) is 9.55 Å². The summed E-state index contributed by atoms with van der Waals surface area (Å²) in [6, 6.07) is 5.84. The minimum atomic E-state index is -0.197. The van der Waals surface area contributed by atoms with Gasteiger partial charge in [-0.1, -0.05) is 17.8 Å². The maximum atomic E-state index is 12.3. The van der Waals surface area contributed by atoms with Gasteiger partial charge in [-0.15, -0.1) is 0 Å². The molecule has 0 spiro atoms. The summed E-state index contributed by atoms with van der Waals surface area (Å²) in [5.41, 5.74) is 3.11. The molecule has 0 saturated heterocycles. The second kappa shape index (κ2) is 7.07. The van der Waals surface area contributed by atoms with E-state index >= 15 is 0 Å². The third-order valence-electron chi connectivity index (χ3n) is 3.82. The van der Waals surface area contributed by atoms with Gasteiger partial charge in [-0.25, -0.2) is 4.79 Å². The summed E-state index contributed by atoms with van der Waals surface area (Å²) >= 11 is 1.59. The van der Waals surface area contributed by atoms with Gasteiger partial charge < -0.3 is 5.11 Å². The molecule has 0 bridgehead atoms. The van der Waals surface area contributed by atoms with Crippen molar-refractivity contribution in [2.75, 3.05) is 6.61 Å². The van der Waals surface area contributed by atoms with Crippen molar-refractivity contribution in [1.29, 1.82) is 0 Å². The number of pyridine rings is 1. The number of aliphatic hydroxyl groups excluding tert-OH is 1. The second-order valence-corrected chi connectivity index (χ2v) is 6.28. The Morgan fingerprint density at radius 2 is 2.23 bits per heavy atom. The maximum absolute atomic E-state index is 12.3. The van der Waals surface area contributed by atoms with Gasteiger partial charge in [-0.2, -0.15) is 4.98 Å². The van der Waals surface area contributed by atoms with Crippen LogP contribution < -0.4 is 5.69 Å². The van der Waals surface area contributed by atoms with Crippen LogP contribution in [0.15, 0.2) is 34.2 Å². The summed E-state index contributed by atoms with van der Waals surface area (Å²) in [5, 5.41) is 9.84. The third kappa shape index (κ3) is 3.23. The van der Waals surface area contributed by atoms with E-state index in [-0.39, 0.29) is 12.3 Å². The van der Waals surface area contributed by atoms with Gasteiger partial charge >= 0.3 is 5.69 Å². The highest BCUT2D eigenvalue weighted by atomic mass is 32.2. The van der Waals surface area contributed by atoms with E-state index < -0.39 is 0 Å². The highest BCUT2D eigenvalue weighted by Crippen LogP contribution is 2.30. The van der Waals surface area contributed by atoms with Gasteiger partial charge in [0, 0.05) is 36.4 Å². The molecule has 0 aliphatic heterocycles. The SMILES string of the molecule is O=c1nc(SCc2ccccn2)c2c(n1CCCO)CCC2. The maximum Gasteiger partial charge on any atom is 0.348 e. The molecule has 0 fully saturated rings. The number of aromatic nitrogens is 3. The number of hydrogen-bond acceptors (Lipinski definition) is 5. The van der Waals surface area contributed by atoms with Gasteiger partial charge in [0.1, 0.15) is 5.03 Å². The van der Waals surface area contributed by atoms with Crippen molar-refractivity contribution in [3.8, 4) is 0 Å². The number of aliphatic hydroxyl groups is 1. The summed E-state index contributed by atoms with van der Waals surface area (Å²) in [4.78, 5) is 20.8. The molecule has 6 heteroatoms. The molecule has 0 atom stereocenters. The third-order valence-corrected chi connectivity index (χ3v) is 4.87. The van der Waals surface area contributed by atoms with E-state index in [4.69, 9.17) is 5.11 Å². The van der Waals surface area contributed by atoms with E-state index in [1.54, 1.807) is 22.5 Å². The Balaban J connectivity index is 1.85. The smallest absolute Gasteiger partial charge is 0.348 e. The van der Waals surface area contributed by atoms with Crippen LogP contribution in [0.1, 0.15) is 29.8 Å². The van der Waals surface area contributed by atoms with Crippen LogP contribution in [0.5, 0.6) is 0 Å². The van der Waals surface area contributed by atoms with Crippen molar-refractivity contribution in [2.24, 2.45) is 0 Å². The number of fused-ring (bicyclic) bond motifs is 1. The van der Waals surface area contributed by atoms with Crippen LogP contribution in [0.2, 0.25) is 0 Å². The zero-order valence-corrected chi connectivity index (χ0v) is 13.2. The molecule has 3 rings (SSSR count). The fourth-order valence-electron chi connectivity index (χ4n) is 2.79. The number of nitrogens with zero attached hydrogens (tertiary/aromatic N) is 3. The van der Waals surface area contributed by atoms with Crippen molar-refractivity contribution in [3.05, 3.63) is 51.8 Å². The molecule has 1 N–H and O–H groups in total. The molecule has 0 aromatic carbocycles. The number of hydrogen-bond donors (Lipinski definition) is 1. The molecule has 0 amide bonds. The van der Waals surface area contributed by atoms with E-state index in [1.807, 2.05) is 18.2 Å². The predicted molar refractivity (Wildman–Crippen MR) is 86.0 cm³/mol. The van der Waals surface area contributed by atoms with Crippen LogP contribution in [0.25, 0.3) is 0 Å². The topological polar surface area (TPSA) is 68.0 Å². The van der Waals surface area contributed by atoms with E-state index in [2.05, 4.69) is 9.97 Å². The summed E-state index contributed by atoms with van der Waals surface area (Å²) in [5.74, 6) is 0.723.